The molecule has 1 N–H and O–H groups in total. The Morgan fingerprint density at radius 1 is 1.00 bits per heavy atom. The highest BCUT2D eigenvalue weighted by Crippen LogP contribution is 2.36. The highest BCUT2D eigenvalue weighted by molar-refractivity contribution is 7.92. The Hall–Kier alpha value is -3.39. The van der Waals surface area contributed by atoms with Crippen molar-refractivity contribution in [2.45, 2.75) is 17.5 Å². The molecular formula is C22H19FN2O4S. The molecule has 1 aliphatic rings. The zero-order valence-electron chi connectivity index (χ0n) is 15.9. The number of hydrogen-bond donors (Lipinski definition) is 1. The molecule has 1 heterocycles. The summed E-state index contributed by atoms with van der Waals surface area (Å²) in [4.78, 5) is 12.7. The molecule has 0 spiro atoms. The SMILES string of the molecule is O=C(NCc1ccccc1)[C@H]1CN(S(=O)(=O)c2ccc(F)cc2)c2ccccc2O1. The highest BCUT2D eigenvalue weighted by Gasteiger charge is 2.37. The lowest BCUT2D eigenvalue weighted by Crippen LogP contribution is -2.50. The molecule has 6 nitrogen and oxygen atoms in total. The van der Waals surface area contributed by atoms with Gasteiger partial charge in [0.25, 0.3) is 15.9 Å². The number of carbonyl (C=O) groups is 1. The van der Waals surface area contributed by atoms with Crippen LogP contribution in [0.3, 0.4) is 0 Å². The molecule has 3 aromatic carbocycles. The second-order valence-electron chi connectivity index (χ2n) is 6.77. The number of amides is 1. The lowest BCUT2D eigenvalue weighted by atomic mass is 10.2. The number of nitrogens with one attached hydrogen (secondary N) is 1. The maximum atomic E-state index is 13.3. The number of para-hydroxylation sites is 2. The molecule has 30 heavy (non-hydrogen) atoms. The fraction of sp³-hybridized carbons (Fsp3) is 0.136. The molecule has 3 aromatic rings. The van der Waals surface area contributed by atoms with Crippen molar-refractivity contribution < 1.29 is 22.3 Å². The van der Waals surface area contributed by atoms with E-state index >= 15 is 0 Å². The van der Waals surface area contributed by atoms with E-state index in [0.29, 0.717) is 12.2 Å². The molecular weight excluding hydrogens is 407 g/mol. The molecule has 0 saturated heterocycles. The van der Waals surface area contributed by atoms with Crippen molar-refractivity contribution in [2.24, 2.45) is 0 Å². The van der Waals surface area contributed by atoms with Crippen LogP contribution in [0.25, 0.3) is 0 Å². The van der Waals surface area contributed by atoms with Crippen LogP contribution in [0.1, 0.15) is 5.56 Å². The monoisotopic (exact) mass is 426 g/mol. The molecule has 0 bridgehead atoms. The number of rotatable bonds is 5. The summed E-state index contributed by atoms with van der Waals surface area (Å²) < 4.78 is 46.6. The summed E-state index contributed by atoms with van der Waals surface area (Å²) in [5, 5.41) is 2.78. The highest BCUT2D eigenvalue weighted by atomic mass is 32.2. The molecule has 154 valence electrons. The smallest absolute Gasteiger partial charge is 0.264 e. The lowest BCUT2D eigenvalue weighted by Gasteiger charge is -2.34. The molecule has 8 heteroatoms. The number of benzene rings is 3. The topological polar surface area (TPSA) is 75.7 Å². The first kappa shape index (κ1) is 19.9. The molecule has 0 unspecified atom stereocenters. The summed E-state index contributed by atoms with van der Waals surface area (Å²) in [6.07, 6.45) is -1.03. The predicted molar refractivity (Wildman–Crippen MR) is 110 cm³/mol. The van der Waals surface area contributed by atoms with Gasteiger partial charge >= 0.3 is 0 Å². The van der Waals surface area contributed by atoms with Crippen LogP contribution in [0.15, 0.2) is 83.8 Å². The Morgan fingerprint density at radius 2 is 1.67 bits per heavy atom. The Labute approximate surface area is 174 Å². The van der Waals surface area contributed by atoms with Crippen molar-refractivity contribution in [2.75, 3.05) is 10.8 Å². The second-order valence-corrected chi connectivity index (χ2v) is 8.63. The number of nitrogens with zero attached hydrogens (tertiary/aromatic N) is 1. The molecule has 1 aliphatic heterocycles. The third-order valence-corrected chi connectivity index (χ3v) is 6.53. The first-order valence-corrected chi connectivity index (χ1v) is 10.7. The minimum absolute atomic E-state index is 0.0657. The van der Waals surface area contributed by atoms with E-state index in [1.165, 1.54) is 12.1 Å². The van der Waals surface area contributed by atoms with Crippen molar-refractivity contribution in [3.05, 3.63) is 90.2 Å². The van der Waals surface area contributed by atoms with Crippen LogP contribution in [0, 0.1) is 5.82 Å². The summed E-state index contributed by atoms with van der Waals surface area (Å²) in [6, 6.07) is 20.5. The number of halogens is 1. The van der Waals surface area contributed by atoms with Crippen LogP contribution < -0.4 is 14.4 Å². The number of hydrogen-bond acceptors (Lipinski definition) is 4. The lowest BCUT2D eigenvalue weighted by molar-refractivity contribution is -0.127. The van der Waals surface area contributed by atoms with Gasteiger partial charge < -0.3 is 10.1 Å². The number of ether oxygens (including phenoxy) is 1. The van der Waals surface area contributed by atoms with Gasteiger partial charge in [0.15, 0.2) is 6.10 Å². The van der Waals surface area contributed by atoms with Gasteiger partial charge in [-0.3, -0.25) is 9.10 Å². The van der Waals surface area contributed by atoms with Gasteiger partial charge in [0.2, 0.25) is 0 Å². The average Bonchev–Trinajstić information content (AvgIpc) is 2.77. The fourth-order valence-corrected chi connectivity index (χ4v) is 4.67. The zero-order chi connectivity index (χ0) is 21.1. The van der Waals surface area contributed by atoms with Gasteiger partial charge in [0.05, 0.1) is 17.1 Å². The molecule has 0 aliphatic carbocycles. The minimum atomic E-state index is -4.02. The molecule has 1 atom stereocenters. The number of anilines is 1. The quantitative estimate of drug-likeness (QED) is 0.680. The normalized spacial score (nSPS) is 15.8. The Bertz CT molecular complexity index is 1150. The Kier molecular flexibility index (Phi) is 5.41. The summed E-state index contributed by atoms with van der Waals surface area (Å²) in [6.45, 7) is 0.100. The van der Waals surface area contributed by atoms with E-state index in [1.807, 2.05) is 30.3 Å². The van der Waals surface area contributed by atoms with Crippen LogP contribution in [-0.4, -0.2) is 27.0 Å². The third kappa shape index (κ3) is 3.99. The van der Waals surface area contributed by atoms with Gasteiger partial charge in [-0.2, -0.15) is 0 Å². The Balaban J connectivity index is 1.60. The third-order valence-electron chi connectivity index (χ3n) is 4.74. The first-order valence-electron chi connectivity index (χ1n) is 9.31. The van der Waals surface area contributed by atoms with Crippen molar-refractivity contribution in [3.8, 4) is 5.75 Å². The standard InChI is InChI=1S/C22H19FN2O4S/c23-17-10-12-18(13-11-17)30(27,28)25-15-21(29-20-9-5-4-8-19(20)25)22(26)24-14-16-6-2-1-3-7-16/h1-13,21H,14-15H2,(H,24,26)/t21-/m1/s1. The first-order chi connectivity index (χ1) is 14.4. The van der Waals surface area contributed by atoms with E-state index in [2.05, 4.69) is 5.32 Å². The van der Waals surface area contributed by atoms with Crippen molar-refractivity contribution in [3.63, 3.8) is 0 Å². The molecule has 0 radical (unpaired) electrons. The van der Waals surface area contributed by atoms with Gasteiger partial charge in [-0.25, -0.2) is 12.8 Å². The average molecular weight is 426 g/mol. The number of carbonyl (C=O) groups excluding carboxylic acids is 1. The van der Waals surface area contributed by atoms with Crippen LogP contribution >= 0.6 is 0 Å². The molecule has 0 fully saturated rings. The van der Waals surface area contributed by atoms with E-state index in [1.54, 1.807) is 24.3 Å². The van der Waals surface area contributed by atoms with E-state index in [0.717, 1.165) is 22.0 Å². The van der Waals surface area contributed by atoms with E-state index in [9.17, 15) is 17.6 Å². The summed E-state index contributed by atoms with van der Waals surface area (Å²) >= 11 is 0. The molecule has 4 rings (SSSR count). The van der Waals surface area contributed by atoms with Crippen LogP contribution in [0.5, 0.6) is 5.75 Å². The van der Waals surface area contributed by atoms with E-state index in [4.69, 9.17) is 4.74 Å². The second kappa shape index (κ2) is 8.16. The maximum absolute atomic E-state index is 13.3. The number of sulfonamides is 1. The zero-order valence-corrected chi connectivity index (χ0v) is 16.7. The predicted octanol–water partition coefficient (Wildman–Crippen LogP) is 3.10. The molecule has 0 aromatic heterocycles. The van der Waals surface area contributed by atoms with Gasteiger partial charge in [0.1, 0.15) is 11.6 Å². The summed E-state index contributed by atoms with van der Waals surface area (Å²) in [5.74, 6) is -0.670. The fourth-order valence-electron chi connectivity index (χ4n) is 3.20. The van der Waals surface area contributed by atoms with E-state index < -0.39 is 27.9 Å². The van der Waals surface area contributed by atoms with Gasteiger partial charge in [-0.05, 0) is 42.0 Å². The van der Waals surface area contributed by atoms with Gasteiger partial charge in [-0.15, -0.1) is 0 Å². The van der Waals surface area contributed by atoms with Gasteiger partial charge in [-0.1, -0.05) is 42.5 Å². The van der Waals surface area contributed by atoms with Crippen molar-refractivity contribution in [1.29, 1.82) is 0 Å². The van der Waals surface area contributed by atoms with Crippen molar-refractivity contribution >= 4 is 21.6 Å². The Morgan fingerprint density at radius 3 is 2.40 bits per heavy atom. The van der Waals surface area contributed by atoms with Crippen LogP contribution in [0.2, 0.25) is 0 Å². The van der Waals surface area contributed by atoms with Gasteiger partial charge in [0, 0.05) is 6.54 Å². The summed E-state index contributed by atoms with van der Waals surface area (Å²) in [7, 11) is -4.02. The van der Waals surface area contributed by atoms with Crippen LogP contribution in [-0.2, 0) is 21.4 Å². The summed E-state index contributed by atoms with van der Waals surface area (Å²) in [5.41, 5.74) is 1.24. The number of fused-ring (bicyclic) bond motifs is 1. The van der Waals surface area contributed by atoms with Crippen molar-refractivity contribution in [1.82, 2.24) is 5.32 Å². The maximum Gasteiger partial charge on any atom is 0.264 e. The molecule has 1 amide bonds. The van der Waals surface area contributed by atoms with E-state index in [-0.39, 0.29) is 17.2 Å². The molecule has 0 saturated carbocycles. The minimum Gasteiger partial charge on any atom is -0.476 e. The van der Waals surface area contributed by atoms with Crippen LogP contribution in [0.4, 0.5) is 10.1 Å². The largest absolute Gasteiger partial charge is 0.476 e.